The number of benzene rings is 1. The van der Waals surface area contributed by atoms with Crippen LogP contribution in [0.1, 0.15) is 25.8 Å². The number of fused-ring (bicyclic) bond motifs is 2. The van der Waals surface area contributed by atoms with Crippen LogP contribution in [0.2, 0.25) is 0 Å². The van der Waals surface area contributed by atoms with Gasteiger partial charge in [-0.2, -0.15) is 13.2 Å². The van der Waals surface area contributed by atoms with E-state index in [0.29, 0.717) is 18.8 Å². The zero-order valence-electron chi connectivity index (χ0n) is 17.1. The number of aromatic hydroxyl groups is 1. The monoisotopic (exact) mass is 433 g/mol. The van der Waals surface area contributed by atoms with Crippen LogP contribution >= 0.6 is 0 Å². The van der Waals surface area contributed by atoms with E-state index in [0.717, 1.165) is 29.9 Å². The van der Waals surface area contributed by atoms with E-state index in [1.807, 2.05) is 0 Å². The Hall–Kier alpha value is -3.23. The zero-order valence-corrected chi connectivity index (χ0v) is 17.1. The van der Waals surface area contributed by atoms with Crippen molar-refractivity contribution in [3.05, 3.63) is 53.7 Å². The first-order valence-electron chi connectivity index (χ1n) is 9.85. The van der Waals surface area contributed by atoms with Gasteiger partial charge in [0.1, 0.15) is 17.7 Å². The van der Waals surface area contributed by atoms with Gasteiger partial charge in [-0.15, -0.1) is 0 Å². The topological polar surface area (TPSA) is 67.2 Å². The van der Waals surface area contributed by atoms with E-state index in [1.165, 1.54) is 12.3 Å². The summed E-state index contributed by atoms with van der Waals surface area (Å²) in [6.45, 7) is 4.63. The predicted molar refractivity (Wildman–Crippen MR) is 110 cm³/mol. The standard InChI is InChI=1S/C22H22F3N3O3/c1-13(2)27-31-19-9-16(22(23,24)25)5-7-18(19)30-21-14-3-4-15(21)12-28(11-14)20-8-6-17(29)10-26-20/h3,5-10,15,21,29H,4,11-12H2,1-2H3/t15-,21+/m1/s1. The highest BCUT2D eigenvalue weighted by atomic mass is 19.4. The van der Waals surface area contributed by atoms with E-state index in [9.17, 15) is 18.3 Å². The summed E-state index contributed by atoms with van der Waals surface area (Å²) in [6, 6.07) is 6.52. The molecule has 6 nitrogen and oxygen atoms in total. The first kappa shape index (κ1) is 21.0. The number of ether oxygens (including phenoxy) is 1. The van der Waals surface area contributed by atoms with Gasteiger partial charge in [-0.1, -0.05) is 11.2 Å². The molecule has 31 heavy (non-hydrogen) atoms. The van der Waals surface area contributed by atoms with Crippen molar-refractivity contribution in [2.45, 2.75) is 32.5 Å². The van der Waals surface area contributed by atoms with Gasteiger partial charge in [0.2, 0.25) is 0 Å². The van der Waals surface area contributed by atoms with Crippen LogP contribution in [0.4, 0.5) is 19.0 Å². The molecule has 164 valence electrons. The number of pyridine rings is 1. The van der Waals surface area contributed by atoms with Crippen LogP contribution in [0, 0.1) is 5.92 Å². The van der Waals surface area contributed by atoms with Crippen molar-refractivity contribution in [3.63, 3.8) is 0 Å². The fourth-order valence-electron chi connectivity index (χ4n) is 3.78. The number of oxime groups is 1. The molecule has 2 aliphatic rings. The maximum Gasteiger partial charge on any atom is 0.416 e. The number of hydrogen-bond acceptors (Lipinski definition) is 6. The van der Waals surface area contributed by atoms with Gasteiger partial charge in [-0.3, -0.25) is 0 Å². The molecule has 1 fully saturated rings. The number of alkyl halides is 3. The SMILES string of the molecule is CC(C)=NOc1cc(C(F)(F)F)ccc1O[C@H]1C2=CC[C@@H]1CN(c1ccc(O)cn1)C2. The average Bonchev–Trinajstić information content (AvgIpc) is 2.94. The molecule has 1 aliphatic carbocycles. The van der Waals surface area contributed by atoms with Gasteiger partial charge < -0.3 is 19.6 Å². The molecule has 0 unspecified atom stereocenters. The number of piperidine rings is 1. The number of nitrogens with zero attached hydrogens (tertiary/aromatic N) is 3. The van der Waals surface area contributed by atoms with Gasteiger partial charge in [-0.05, 0) is 56.2 Å². The van der Waals surface area contributed by atoms with Crippen molar-refractivity contribution in [1.29, 1.82) is 0 Å². The second-order valence-corrected chi connectivity index (χ2v) is 7.86. The van der Waals surface area contributed by atoms with Crippen LogP contribution in [0.3, 0.4) is 0 Å². The van der Waals surface area contributed by atoms with Crippen LogP contribution in [-0.2, 0) is 6.18 Å². The summed E-state index contributed by atoms with van der Waals surface area (Å²) in [6.07, 6.45) is -0.451. The third kappa shape index (κ3) is 4.60. The third-order valence-corrected chi connectivity index (χ3v) is 5.21. The van der Waals surface area contributed by atoms with Crippen molar-refractivity contribution in [1.82, 2.24) is 4.98 Å². The lowest BCUT2D eigenvalue weighted by molar-refractivity contribution is -0.137. The molecule has 2 bridgehead atoms. The number of allylic oxidation sites excluding steroid dienone is 1. The fraction of sp³-hybridized carbons (Fsp3) is 0.364. The van der Waals surface area contributed by atoms with Gasteiger partial charge in [-0.25, -0.2) is 4.98 Å². The lowest BCUT2D eigenvalue weighted by atomic mass is 9.96. The van der Waals surface area contributed by atoms with Crippen LogP contribution in [0.5, 0.6) is 17.2 Å². The first-order chi connectivity index (χ1) is 14.7. The Morgan fingerprint density at radius 1 is 1.19 bits per heavy atom. The maximum atomic E-state index is 13.2. The second-order valence-electron chi connectivity index (χ2n) is 7.86. The Kier molecular flexibility index (Phi) is 5.51. The molecule has 2 atom stereocenters. The lowest BCUT2D eigenvalue weighted by Crippen LogP contribution is -2.44. The van der Waals surface area contributed by atoms with Gasteiger partial charge in [0.05, 0.1) is 17.5 Å². The van der Waals surface area contributed by atoms with Crippen molar-refractivity contribution in [2.75, 3.05) is 18.0 Å². The Labute approximate surface area is 177 Å². The molecule has 1 aromatic carbocycles. The number of halogens is 3. The Bertz CT molecular complexity index is 1010. The van der Waals surface area contributed by atoms with Crippen molar-refractivity contribution >= 4 is 11.5 Å². The molecule has 1 N–H and O–H groups in total. The summed E-state index contributed by atoms with van der Waals surface area (Å²) < 4.78 is 45.6. The fourth-order valence-corrected chi connectivity index (χ4v) is 3.78. The van der Waals surface area contributed by atoms with Gasteiger partial charge in [0.15, 0.2) is 11.5 Å². The number of hydrogen-bond donors (Lipinski definition) is 1. The second kappa shape index (κ2) is 8.13. The van der Waals surface area contributed by atoms with Crippen LogP contribution in [-0.4, -0.2) is 35.0 Å². The molecule has 0 amide bonds. The van der Waals surface area contributed by atoms with E-state index in [-0.39, 0.29) is 29.3 Å². The van der Waals surface area contributed by atoms with Crippen molar-refractivity contribution in [3.8, 4) is 17.2 Å². The third-order valence-electron chi connectivity index (χ3n) is 5.21. The molecular formula is C22H22F3N3O3. The zero-order chi connectivity index (χ0) is 22.2. The summed E-state index contributed by atoms with van der Waals surface area (Å²) in [5.41, 5.74) is 0.780. The van der Waals surface area contributed by atoms with Gasteiger partial charge in [0, 0.05) is 19.0 Å². The number of aromatic nitrogens is 1. The lowest BCUT2D eigenvalue weighted by Gasteiger charge is -2.37. The Morgan fingerprint density at radius 2 is 2.00 bits per heavy atom. The molecular weight excluding hydrogens is 411 g/mol. The van der Waals surface area contributed by atoms with Crippen LogP contribution in [0.15, 0.2) is 53.3 Å². The molecule has 0 spiro atoms. The quantitative estimate of drug-likeness (QED) is 0.417. The molecule has 4 rings (SSSR count). The van der Waals surface area contributed by atoms with Crippen molar-refractivity contribution < 1.29 is 27.9 Å². The minimum absolute atomic E-state index is 0.0707. The van der Waals surface area contributed by atoms with E-state index in [4.69, 9.17) is 9.57 Å². The molecule has 1 saturated heterocycles. The molecule has 1 aromatic heterocycles. The summed E-state index contributed by atoms with van der Waals surface area (Å²) in [4.78, 5) is 11.6. The normalized spacial score (nSPS) is 20.3. The number of rotatable bonds is 5. The summed E-state index contributed by atoms with van der Waals surface area (Å²) in [5, 5.41) is 13.2. The maximum absolute atomic E-state index is 13.2. The minimum Gasteiger partial charge on any atom is -0.506 e. The van der Waals surface area contributed by atoms with E-state index in [1.54, 1.807) is 26.0 Å². The van der Waals surface area contributed by atoms with Crippen LogP contribution < -0.4 is 14.5 Å². The summed E-state index contributed by atoms with van der Waals surface area (Å²) in [7, 11) is 0. The minimum atomic E-state index is -4.49. The molecule has 0 radical (unpaired) electrons. The highest BCUT2D eigenvalue weighted by molar-refractivity contribution is 5.78. The predicted octanol–water partition coefficient (Wildman–Crippen LogP) is 4.79. The Morgan fingerprint density at radius 3 is 2.65 bits per heavy atom. The van der Waals surface area contributed by atoms with Gasteiger partial charge >= 0.3 is 6.18 Å². The molecule has 1 aliphatic heterocycles. The smallest absolute Gasteiger partial charge is 0.416 e. The average molecular weight is 433 g/mol. The molecule has 9 heteroatoms. The molecule has 0 saturated carbocycles. The molecule has 2 aromatic rings. The number of anilines is 1. The molecule has 2 heterocycles. The summed E-state index contributed by atoms with van der Waals surface area (Å²) in [5.74, 6) is 1.12. The Balaban J connectivity index is 1.55. The highest BCUT2D eigenvalue weighted by Gasteiger charge is 2.39. The van der Waals surface area contributed by atoms with E-state index < -0.39 is 11.7 Å². The van der Waals surface area contributed by atoms with Crippen LogP contribution in [0.25, 0.3) is 0 Å². The largest absolute Gasteiger partial charge is 0.506 e. The first-order valence-corrected chi connectivity index (χ1v) is 9.85. The van der Waals surface area contributed by atoms with Crippen molar-refractivity contribution in [2.24, 2.45) is 11.1 Å². The van der Waals surface area contributed by atoms with E-state index in [2.05, 4.69) is 21.1 Å². The van der Waals surface area contributed by atoms with E-state index >= 15 is 0 Å². The summed E-state index contributed by atoms with van der Waals surface area (Å²) >= 11 is 0. The highest BCUT2D eigenvalue weighted by Crippen LogP contribution is 2.41. The van der Waals surface area contributed by atoms with Gasteiger partial charge in [0.25, 0.3) is 0 Å².